The van der Waals surface area contributed by atoms with Crippen molar-refractivity contribution in [3.8, 4) is 0 Å². The SMILES string of the molecule is Cc1cccnc1C1=Nc2cc(C(=O)NCc3cccs3)ccc2Sc2ccccc21. The van der Waals surface area contributed by atoms with Crippen LogP contribution >= 0.6 is 23.1 Å². The van der Waals surface area contributed by atoms with E-state index in [4.69, 9.17) is 4.99 Å². The van der Waals surface area contributed by atoms with E-state index in [9.17, 15) is 4.79 Å². The number of carbonyl (C=O) groups excluding carboxylic acids is 1. The molecule has 1 aliphatic heterocycles. The largest absolute Gasteiger partial charge is 0.347 e. The first-order valence-corrected chi connectivity index (χ1v) is 11.6. The van der Waals surface area contributed by atoms with Gasteiger partial charge in [-0.25, -0.2) is 4.99 Å². The first-order valence-electron chi connectivity index (χ1n) is 9.91. The fourth-order valence-corrected chi connectivity index (χ4v) is 5.13. The minimum Gasteiger partial charge on any atom is -0.347 e. The number of amides is 1. The number of aryl methyl sites for hydroxylation is 1. The van der Waals surface area contributed by atoms with Gasteiger partial charge in [0, 0.05) is 32.0 Å². The van der Waals surface area contributed by atoms with Crippen LogP contribution in [0.25, 0.3) is 0 Å². The van der Waals surface area contributed by atoms with E-state index in [0.717, 1.165) is 42.9 Å². The predicted molar refractivity (Wildman–Crippen MR) is 127 cm³/mol. The van der Waals surface area contributed by atoms with E-state index in [0.29, 0.717) is 12.1 Å². The molecule has 0 atom stereocenters. The molecule has 3 heterocycles. The Balaban J connectivity index is 1.56. The Morgan fingerprint density at radius 1 is 1.00 bits per heavy atom. The zero-order valence-electron chi connectivity index (χ0n) is 16.8. The Kier molecular flexibility index (Phi) is 5.40. The molecule has 1 amide bonds. The third-order valence-electron chi connectivity index (χ3n) is 5.05. The highest BCUT2D eigenvalue weighted by atomic mass is 32.2. The summed E-state index contributed by atoms with van der Waals surface area (Å²) in [5.41, 5.74) is 5.18. The second-order valence-electron chi connectivity index (χ2n) is 7.17. The highest BCUT2D eigenvalue weighted by molar-refractivity contribution is 7.99. The van der Waals surface area contributed by atoms with Gasteiger partial charge in [-0.1, -0.05) is 42.1 Å². The third kappa shape index (κ3) is 4.04. The molecule has 5 rings (SSSR count). The highest BCUT2D eigenvalue weighted by Gasteiger charge is 2.21. The van der Waals surface area contributed by atoms with Crippen LogP contribution in [0.5, 0.6) is 0 Å². The Bertz CT molecular complexity index is 1300. The summed E-state index contributed by atoms with van der Waals surface area (Å²) >= 11 is 3.30. The van der Waals surface area contributed by atoms with Crippen LogP contribution in [0.4, 0.5) is 5.69 Å². The first-order chi connectivity index (χ1) is 15.2. The van der Waals surface area contributed by atoms with Crippen molar-refractivity contribution < 1.29 is 4.79 Å². The van der Waals surface area contributed by atoms with E-state index in [2.05, 4.69) is 22.4 Å². The Hall–Kier alpha value is -3.22. The highest BCUT2D eigenvalue weighted by Crippen LogP contribution is 2.41. The summed E-state index contributed by atoms with van der Waals surface area (Å²) in [6.45, 7) is 2.57. The van der Waals surface area contributed by atoms with E-state index in [-0.39, 0.29) is 5.91 Å². The zero-order valence-corrected chi connectivity index (χ0v) is 18.5. The molecular formula is C25H19N3OS2. The summed E-state index contributed by atoms with van der Waals surface area (Å²) in [5, 5.41) is 5.01. The van der Waals surface area contributed by atoms with Gasteiger partial charge in [0.15, 0.2) is 0 Å². The van der Waals surface area contributed by atoms with Crippen molar-refractivity contribution in [2.75, 3.05) is 0 Å². The van der Waals surface area contributed by atoms with E-state index in [1.807, 2.05) is 66.9 Å². The van der Waals surface area contributed by atoms with Crippen molar-refractivity contribution in [3.63, 3.8) is 0 Å². The molecule has 1 N–H and O–H groups in total. The van der Waals surface area contributed by atoms with Crippen LogP contribution in [0.15, 0.2) is 93.1 Å². The van der Waals surface area contributed by atoms with Crippen molar-refractivity contribution in [1.29, 1.82) is 0 Å². The first kappa shape index (κ1) is 19.7. The average Bonchev–Trinajstić information content (AvgIpc) is 3.26. The molecule has 0 spiro atoms. The molecule has 1 aliphatic rings. The van der Waals surface area contributed by atoms with Gasteiger partial charge >= 0.3 is 0 Å². The van der Waals surface area contributed by atoms with Gasteiger partial charge in [0.05, 0.1) is 23.6 Å². The number of hydrogen-bond acceptors (Lipinski definition) is 5. The minimum atomic E-state index is -0.103. The topological polar surface area (TPSA) is 54.4 Å². The van der Waals surface area contributed by atoms with Gasteiger partial charge < -0.3 is 5.32 Å². The molecular weight excluding hydrogens is 422 g/mol. The van der Waals surface area contributed by atoms with Gasteiger partial charge in [-0.15, -0.1) is 11.3 Å². The Morgan fingerprint density at radius 3 is 2.74 bits per heavy atom. The molecule has 6 heteroatoms. The van der Waals surface area contributed by atoms with Crippen LogP contribution in [0.3, 0.4) is 0 Å². The predicted octanol–water partition coefficient (Wildman–Crippen LogP) is 6.02. The molecule has 0 fully saturated rings. The number of aromatic nitrogens is 1. The maximum absolute atomic E-state index is 12.8. The third-order valence-corrected chi connectivity index (χ3v) is 7.07. The van der Waals surface area contributed by atoms with Gasteiger partial charge in [0.2, 0.25) is 0 Å². The molecule has 0 aliphatic carbocycles. The summed E-state index contributed by atoms with van der Waals surface area (Å²) in [5.74, 6) is -0.103. The number of nitrogens with one attached hydrogen (secondary N) is 1. The van der Waals surface area contributed by atoms with E-state index in [1.165, 1.54) is 0 Å². The summed E-state index contributed by atoms with van der Waals surface area (Å²) < 4.78 is 0. The number of thiophene rings is 1. The Labute approximate surface area is 189 Å². The smallest absolute Gasteiger partial charge is 0.251 e. The number of benzene rings is 2. The van der Waals surface area contributed by atoms with Crippen molar-refractivity contribution in [3.05, 3.63) is 106 Å². The van der Waals surface area contributed by atoms with E-state index in [1.54, 1.807) is 29.3 Å². The number of rotatable bonds is 4. The molecule has 0 saturated carbocycles. The average molecular weight is 442 g/mol. The lowest BCUT2D eigenvalue weighted by Crippen LogP contribution is -2.22. The molecule has 31 heavy (non-hydrogen) atoms. The molecule has 0 bridgehead atoms. The van der Waals surface area contributed by atoms with Crippen LogP contribution in [0.1, 0.15) is 32.1 Å². The standard InChI is InChI=1S/C25H19N3OS2/c1-16-6-4-12-26-23(16)24-19-8-2-3-9-21(19)31-22-11-10-17(14-20(22)28-24)25(29)27-15-18-7-5-13-30-18/h2-14H,15H2,1H3,(H,27,29). The lowest BCUT2D eigenvalue weighted by molar-refractivity contribution is 0.0951. The van der Waals surface area contributed by atoms with Crippen LogP contribution in [0, 0.1) is 6.92 Å². The molecule has 2 aromatic heterocycles. The van der Waals surface area contributed by atoms with Gasteiger partial charge in [0.25, 0.3) is 5.91 Å². The molecule has 2 aromatic carbocycles. The van der Waals surface area contributed by atoms with Gasteiger partial charge in [-0.3, -0.25) is 9.78 Å². The number of pyridine rings is 1. The molecule has 0 radical (unpaired) electrons. The van der Waals surface area contributed by atoms with Gasteiger partial charge in [-0.2, -0.15) is 0 Å². The van der Waals surface area contributed by atoms with E-state index >= 15 is 0 Å². The lowest BCUT2D eigenvalue weighted by Gasteiger charge is -2.10. The zero-order chi connectivity index (χ0) is 21.2. The monoisotopic (exact) mass is 441 g/mol. The van der Waals surface area contributed by atoms with Crippen LogP contribution < -0.4 is 5.32 Å². The fraction of sp³-hybridized carbons (Fsp3) is 0.0800. The molecule has 4 nitrogen and oxygen atoms in total. The lowest BCUT2D eigenvalue weighted by atomic mass is 10.0. The number of carbonyl (C=O) groups is 1. The number of fused-ring (bicyclic) bond motifs is 2. The summed E-state index contributed by atoms with van der Waals surface area (Å²) in [7, 11) is 0. The van der Waals surface area contributed by atoms with Crippen LogP contribution in [-0.4, -0.2) is 16.6 Å². The number of hydrogen-bond donors (Lipinski definition) is 1. The maximum atomic E-state index is 12.8. The summed E-state index contributed by atoms with van der Waals surface area (Å²) in [6, 6.07) is 21.9. The maximum Gasteiger partial charge on any atom is 0.251 e. The minimum absolute atomic E-state index is 0.103. The summed E-state index contributed by atoms with van der Waals surface area (Å²) in [4.78, 5) is 25.7. The molecule has 4 aromatic rings. The number of nitrogens with zero attached hydrogens (tertiary/aromatic N) is 2. The number of aliphatic imine (C=N–C) groups is 1. The van der Waals surface area contributed by atoms with E-state index < -0.39 is 0 Å². The van der Waals surface area contributed by atoms with Crippen LogP contribution in [-0.2, 0) is 6.54 Å². The van der Waals surface area contributed by atoms with Gasteiger partial charge in [-0.05, 0) is 54.3 Å². The quantitative estimate of drug-likeness (QED) is 0.371. The van der Waals surface area contributed by atoms with Crippen molar-refractivity contribution in [2.45, 2.75) is 23.3 Å². The Morgan fingerprint density at radius 2 is 1.90 bits per heavy atom. The molecule has 152 valence electrons. The molecule has 0 saturated heterocycles. The second-order valence-corrected chi connectivity index (χ2v) is 9.29. The van der Waals surface area contributed by atoms with Crippen molar-refractivity contribution in [1.82, 2.24) is 10.3 Å². The molecule has 0 unspecified atom stereocenters. The second kappa shape index (κ2) is 8.49. The fourth-order valence-electron chi connectivity index (χ4n) is 3.48. The van der Waals surface area contributed by atoms with Crippen LogP contribution in [0.2, 0.25) is 0 Å². The summed E-state index contributed by atoms with van der Waals surface area (Å²) in [6.07, 6.45) is 1.79. The van der Waals surface area contributed by atoms with Crippen molar-refractivity contribution >= 4 is 40.4 Å². The van der Waals surface area contributed by atoms with Crippen molar-refractivity contribution in [2.24, 2.45) is 4.99 Å². The van der Waals surface area contributed by atoms with Gasteiger partial charge in [0.1, 0.15) is 0 Å². The normalized spacial score (nSPS) is 12.4.